The average Bonchev–Trinajstić information content (AvgIpc) is 2.24. The van der Waals surface area contributed by atoms with Gasteiger partial charge in [0.2, 0.25) is 0 Å². The van der Waals surface area contributed by atoms with Gasteiger partial charge in [-0.1, -0.05) is 0 Å². The molecule has 0 spiro atoms. The Morgan fingerprint density at radius 1 is 1.31 bits per heavy atom. The first-order chi connectivity index (χ1) is 7.64. The summed E-state index contributed by atoms with van der Waals surface area (Å²) < 4.78 is 0. The molecule has 0 atom stereocenters. The fourth-order valence-electron chi connectivity index (χ4n) is 1.72. The fraction of sp³-hybridized carbons (Fsp3) is 0.364. The second-order valence-corrected chi connectivity index (χ2v) is 3.93. The van der Waals surface area contributed by atoms with E-state index in [0.717, 1.165) is 6.42 Å². The van der Waals surface area contributed by atoms with Crippen LogP contribution in [0.4, 0.5) is 0 Å². The molecule has 16 heavy (non-hydrogen) atoms. The van der Waals surface area contributed by atoms with Crippen molar-refractivity contribution in [3.63, 3.8) is 0 Å². The molecule has 0 aromatic carbocycles. The van der Waals surface area contributed by atoms with E-state index in [1.165, 1.54) is 12.4 Å². The van der Waals surface area contributed by atoms with Gasteiger partial charge in [0, 0.05) is 18.0 Å². The first-order valence-electron chi connectivity index (χ1n) is 5.10. The lowest BCUT2D eigenvalue weighted by atomic mass is 9.76. The van der Waals surface area contributed by atoms with Crippen LogP contribution >= 0.6 is 0 Å². The molecule has 2 rings (SSSR count). The molecule has 0 unspecified atom stereocenters. The second-order valence-electron chi connectivity index (χ2n) is 3.93. The van der Waals surface area contributed by atoms with Crippen molar-refractivity contribution in [2.45, 2.75) is 24.8 Å². The molecule has 2 N–H and O–H groups in total. The summed E-state index contributed by atoms with van der Waals surface area (Å²) in [5.41, 5.74) is -0.622. The molecule has 84 valence electrons. The Bertz CT molecular complexity index is 412. The van der Waals surface area contributed by atoms with Crippen molar-refractivity contribution >= 4 is 11.9 Å². The van der Waals surface area contributed by atoms with Crippen LogP contribution in [0.1, 0.15) is 29.6 Å². The lowest BCUT2D eigenvalue weighted by Gasteiger charge is -2.38. The third-order valence-corrected chi connectivity index (χ3v) is 2.91. The number of aliphatic carboxylic acids is 1. The van der Waals surface area contributed by atoms with Gasteiger partial charge in [0.05, 0.1) is 0 Å². The summed E-state index contributed by atoms with van der Waals surface area (Å²) >= 11 is 0. The van der Waals surface area contributed by atoms with Crippen molar-refractivity contribution in [1.29, 1.82) is 0 Å². The molecule has 0 radical (unpaired) electrons. The predicted molar refractivity (Wildman–Crippen MR) is 55.9 cm³/mol. The molecular formula is C11H12N2O3. The largest absolute Gasteiger partial charge is 0.480 e. The van der Waals surface area contributed by atoms with Gasteiger partial charge in [-0.15, -0.1) is 0 Å². The number of nitrogens with zero attached hydrogens (tertiary/aromatic N) is 1. The van der Waals surface area contributed by atoms with Crippen LogP contribution in [-0.2, 0) is 4.79 Å². The number of aromatic nitrogens is 1. The highest BCUT2D eigenvalue weighted by molar-refractivity contribution is 5.98. The summed E-state index contributed by atoms with van der Waals surface area (Å²) in [5, 5.41) is 11.6. The quantitative estimate of drug-likeness (QED) is 0.790. The minimum Gasteiger partial charge on any atom is -0.480 e. The lowest BCUT2D eigenvalue weighted by Crippen LogP contribution is -2.59. The summed E-state index contributed by atoms with van der Waals surface area (Å²) in [6, 6.07) is 3.12. The first kappa shape index (κ1) is 10.6. The van der Waals surface area contributed by atoms with Gasteiger partial charge in [0.15, 0.2) is 0 Å². The number of hydrogen-bond donors (Lipinski definition) is 2. The van der Waals surface area contributed by atoms with Gasteiger partial charge in [0.1, 0.15) is 5.54 Å². The Morgan fingerprint density at radius 3 is 2.38 bits per heavy atom. The molecule has 0 saturated heterocycles. The van der Waals surface area contributed by atoms with E-state index in [4.69, 9.17) is 5.11 Å². The standard InChI is InChI=1S/C11H12N2O3/c14-9(8-2-6-12-7-3-8)13-11(10(15)16)4-1-5-11/h2-3,6-7H,1,4-5H2,(H,13,14)(H,15,16). The summed E-state index contributed by atoms with van der Waals surface area (Å²) in [6.07, 6.45) is 4.84. The van der Waals surface area contributed by atoms with E-state index in [1.807, 2.05) is 0 Å². The van der Waals surface area contributed by atoms with E-state index < -0.39 is 11.5 Å². The number of pyridine rings is 1. The van der Waals surface area contributed by atoms with Crippen molar-refractivity contribution < 1.29 is 14.7 Å². The summed E-state index contributed by atoms with van der Waals surface area (Å²) in [7, 11) is 0. The van der Waals surface area contributed by atoms with E-state index in [-0.39, 0.29) is 5.91 Å². The van der Waals surface area contributed by atoms with E-state index >= 15 is 0 Å². The Balaban J connectivity index is 2.10. The molecule has 1 aromatic heterocycles. The zero-order valence-corrected chi connectivity index (χ0v) is 8.64. The smallest absolute Gasteiger partial charge is 0.329 e. The maximum atomic E-state index is 11.8. The molecular weight excluding hydrogens is 208 g/mol. The number of carbonyl (C=O) groups is 2. The predicted octanol–water partition coefficient (Wildman–Crippen LogP) is 0.819. The van der Waals surface area contributed by atoms with Crippen molar-refractivity contribution in [1.82, 2.24) is 10.3 Å². The van der Waals surface area contributed by atoms with Gasteiger partial charge in [0.25, 0.3) is 5.91 Å². The van der Waals surface area contributed by atoms with Crippen LogP contribution in [0.2, 0.25) is 0 Å². The molecule has 1 aliphatic carbocycles. The summed E-state index contributed by atoms with van der Waals surface area (Å²) in [4.78, 5) is 26.6. The van der Waals surface area contributed by atoms with E-state index in [9.17, 15) is 9.59 Å². The second kappa shape index (κ2) is 3.92. The van der Waals surface area contributed by atoms with Crippen LogP contribution in [-0.4, -0.2) is 27.5 Å². The van der Waals surface area contributed by atoms with Crippen LogP contribution in [0.3, 0.4) is 0 Å². The van der Waals surface area contributed by atoms with Gasteiger partial charge in [-0.05, 0) is 31.4 Å². The zero-order valence-electron chi connectivity index (χ0n) is 8.64. The molecule has 1 heterocycles. The SMILES string of the molecule is O=C(NC1(C(=O)O)CCC1)c1ccncc1. The highest BCUT2D eigenvalue weighted by Gasteiger charge is 2.45. The Hall–Kier alpha value is -1.91. The Kier molecular flexibility index (Phi) is 2.60. The van der Waals surface area contributed by atoms with Gasteiger partial charge in [-0.2, -0.15) is 0 Å². The van der Waals surface area contributed by atoms with Crippen LogP contribution in [0, 0.1) is 0 Å². The number of rotatable bonds is 3. The van der Waals surface area contributed by atoms with Gasteiger partial charge in [-0.3, -0.25) is 9.78 Å². The minimum absolute atomic E-state index is 0.357. The van der Waals surface area contributed by atoms with Crippen LogP contribution in [0.5, 0.6) is 0 Å². The third-order valence-electron chi connectivity index (χ3n) is 2.91. The Morgan fingerprint density at radius 2 is 1.94 bits per heavy atom. The number of hydrogen-bond acceptors (Lipinski definition) is 3. The Labute approximate surface area is 92.5 Å². The normalized spacial score (nSPS) is 17.2. The molecule has 0 bridgehead atoms. The average molecular weight is 220 g/mol. The molecule has 5 heteroatoms. The molecule has 1 aromatic rings. The van der Waals surface area contributed by atoms with Crippen LogP contribution < -0.4 is 5.32 Å². The summed E-state index contributed by atoms with van der Waals surface area (Å²) in [5.74, 6) is -1.31. The van der Waals surface area contributed by atoms with Crippen molar-refractivity contribution in [2.24, 2.45) is 0 Å². The minimum atomic E-state index is -1.06. The molecule has 1 amide bonds. The molecule has 1 aliphatic rings. The van der Waals surface area contributed by atoms with Crippen molar-refractivity contribution in [2.75, 3.05) is 0 Å². The molecule has 1 saturated carbocycles. The van der Waals surface area contributed by atoms with Gasteiger partial charge >= 0.3 is 5.97 Å². The fourth-order valence-corrected chi connectivity index (χ4v) is 1.72. The van der Waals surface area contributed by atoms with E-state index in [2.05, 4.69) is 10.3 Å². The van der Waals surface area contributed by atoms with E-state index in [1.54, 1.807) is 12.1 Å². The number of carbonyl (C=O) groups excluding carboxylic acids is 1. The maximum absolute atomic E-state index is 11.8. The highest BCUT2D eigenvalue weighted by Crippen LogP contribution is 2.32. The van der Waals surface area contributed by atoms with Crippen molar-refractivity contribution in [3.05, 3.63) is 30.1 Å². The number of carboxylic acid groups (broad SMARTS) is 1. The van der Waals surface area contributed by atoms with Crippen LogP contribution in [0.25, 0.3) is 0 Å². The topological polar surface area (TPSA) is 79.3 Å². The lowest BCUT2D eigenvalue weighted by molar-refractivity contribution is -0.148. The third kappa shape index (κ3) is 1.76. The van der Waals surface area contributed by atoms with Crippen LogP contribution in [0.15, 0.2) is 24.5 Å². The first-order valence-corrected chi connectivity index (χ1v) is 5.10. The van der Waals surface area contributed by atoms with E-state index in [0.29, 0.717) is 18.4 Å². The number of amides is 1. The number of nitrogens with one attached hydrogen (secondary N) is 1. The monoisotopic (exact) mass is 220 g/mol. The molecule has 0 aliphatic heterocycles. The maximum Gasteiger partial charge on any atom is 0.329 e. The van der Waals surface area contributed by atoms with Crippen molar-refractivity contribution in [3.8, 4) is 0 Å². The highest BCUT2D eigenvalue weighted by atomic mass is 16.4. The van der Waals surface area contributed by atoms with Gasteiger partial charge in [-0.25, -0.2) is 4.79 Å². The number of carboxylic acids is 1. The zero-order chi connectivity index (χ0) is 11.6. The van der Waals surface area contributed by atoms with Gasteiger partial charge < -0.3 is 10.4 Å². The summed E-state index contributed by atoms with van der Waals surface area (Å²) in [6.45, 7) is 0. The molecule has 5 nitrogen and oxygen atoms in total. The molecule has 1 fully saturated rings.